The second-order valence-electron chi connectivity index (χ2n) is 3.10. The maximum Gasteiger partial charge on any atom is 0.232 e. The van der Waals surface area contributed by atoms with Gasteiger partial charge < -0.3 is 5.32 Å². The molecule has 0 saturated carbocycles. The van der Waals surface area contributed by atoms with Gasteiger partial charge in [-0.05, 0) is 13.0 Å². The average molecular weight is 222 g/mol. The maximum atomic E-state index is 11.5. The van der Waals surface area contributed by atoms with Gasteiger partial charge in [-0.1, -0.05) is 0 Å². The summed E-state index contributed by atoms with van der Waals surface area (Å²) in [4.78, 5) is 15.6. The van der Waals surface area contributed by atoms with Crippen LogP contribution in [0, 0.1) is 6.92 Å². The van der Waals surface area contributed by atoms with Crippen LogP contribution in [0.2, 0.25) is 0 Å². The Bertz CT molecular complexity index is 448. The van der Waals surface area contributed by atoms with Gasteiger partial charge in [0.1, 0.15) is 0 Å². The van der Waals surface area contributed by atoms with E-state index in [0.717, 1.165) is 11.4 Å². The summed E-state index contributed by atoms with van der Waals surface area (Å²) in [7, 11) is 0. The summed E-state index contributed by atoms with van der Waals surface area (Å²) in [6.45, 7) is 1.89. The SMILES string of the molecule is Cc1csc(NC(=O)Cc2ccn[nH]2)n1. The predicted octanol–water partition coefficient (Wildman–Crippen LogP) is 1.36. The lowest BCUT2D eigenvalue weighted by molar-refractivity contribution is -0.115. The van der Waals surface area contributed by atoms with E-state index >= 15 is 0 Å². The fraction of sp³-hybridized carbons (Fsp3) is 0.222. The lowest BCUT2D eigenvalue weighted by Crippen LogP contribution is -2.14. The van der Waals surface area contributed by atoms with Crippen LogP contribution in [0.15, 0.2) is 17.6 Å². The number of thiazole rings is 1. The minimum atomic E-state index is -0.0893. The van der Waals surface area contributed by atoms with E-state index in [-0.39, 0.29) is 5.91 Å². The first-order valence-electron chi connectivity index (χ1n) is 4.44. The average Bonchev–Trinajstić information content (AvgIpc) is 2.77. The predicted molar refractivity (Wildman–Crippen MR) is 57.8 cm³/mol. The number of anilines is 1. The van der Waals surface area contributed by atoms with E-state index in [0.29, 0.717) is 11.6 Å². The van der Waals surface area contributed by atoms with E-state index in [9.17, 15) is 4.79 Å². The highest BCUT2D eigenvalue weighted by atomic mass is 32.1. The van der Waals surface area contributed by atoms with Crippen molar-refractivity contribution in [2.24, 2.45) is 0 Å². The van der Waals surface area contributed by atoms with Crippen molar-refractivity contribution in [3.63, 3.8) is 0 Å². The van der Waals surface area contributed by atoms with Crippen LogP contribution in [0.3, 0.4) is 0 Å². The monoisotopic (exact) mass is 222 g/mol. The molecule has 0 radical (unpaired) electrons. The van der Waals surface area contributed by atoms with E-state index in [2.05, 4.69) is 20.5 Å². The quantitative estimate of drug-likeness (QED) is 0.823. The molecule has 0 aliphatic rings. The Balaban J connectivity index is 1.93. The van der Waals surface area contributed by atoms with Crippen LogP contribution in [-0.2, 0) is 11.2 Å². The first-order valence-corrected chi connectivity index (χ1v) is 5.32. The van der Waals surface area contributed by atoms with Crippen LogP contribution in [-0.4, -0.2) is 21.1 Å². The molecule has 15 heavy (non-hydrogen) atoms. The Labute approximate surface area is 90.6 Å². The van der Waals surface area contributed by atoms with E-state index in [1.165, 1.54) is 11.3 Å². The maximum absolute atomic E-state index is 11.5. The zero-order chi connectivity index (χ0) is 10.7. The highest BCUT2D eigenvalue weighted by molar-refractivity contribution is 7.13. The van der Waals surface area contributed by atoms with Crippen LogP contribution >= 0.6 is 11.3 Å². The number of hydrogen-bond donors (Lipinski definition) is 2. The van der Waals surface area contributed by atoms with Crippen molar-refractivity contribution in [3.8, 4) is 0 Å². The Morgan fingerprint density at radius 2 is 2.53 bits per heavy atom. The third-order valence-electron chi connectivity index (χ3n) is 1.77. The molecule has 5 nitrogen and oxygen atoms in total. The van der Waals surface area contributed by atoms with E-state index < -0.39 is 0 Å². The van der Waals surface area contributed by atoms with Crippen molar-refractivity contribution in [1.29, 1.82) is 0 Å². The van der Waals surface area contributed by atoms with Gasteiger partial charge in [0.15, 0.2) is 5.13 Å². The molecule has 0 aliphatic heterocycles. The van der Waals surface area contributed by atoms with Gasteiger partial charge in [0.05, 0.1) is 12.1 Å². The molecule has 1 amide bonds. The smallest absolute Gasteiger partial charge is 0.232 e. The second kappa shape index (κ2) is 4.22. The normalized spacial score (nSPS) is 10.2. The lowest BCUT2D eigenvalue weighted by Gasteiger charge is -1.98. The molecule has 2 aromatic rings. The van der Waals surface area contributed by atoms with E-state index in [1.807, 2.05) is 12.3 Å². The number of hydrogen-bond acceptors (Lipinski definition) is 4. The molecular formula is C9H10N4OS. The minimum absolute atomic E-state index is 0.0893. The molecule has 2 rings (SSSR count). The molecule has 0 fully saturated rings. The molecule has 0 aliphatic carbocycles. The first-order chi connectivity index (χ1) is 7.24. The number of aromatic amines is 1. The minimum Gasteiger partial charge on any atom is -0.302 e. The summed E-state index contributed by atoms with van der Waals surface area (Å²) in [5.74, 6) is -0.0893. The second-order valence-corrected chi connectivity index (χ2v) is 3.96. The number of nitrogens with one attached hydrogen (secondary N) is 2. The molecule has 0 saturated heterocycles. The molecule has 0 spiro atoms. The number of carbonyl (C=O) groups is 1. The number of aromatic nitrogens is 3. The summed E-state index contributed by atoms with van der Waals surface area (Å²) in [5, 5.41) is 11.8. The molecule has 0 atom stereocenters. The van der Waals surface area contributed by atoms with Crippen LogP contribution in [0.1, 0.15) is 11.4 Å². The molecule has 78 valence electrons. The zero-order valence-electron chi connectivity index (χ0n) is 8.15. The van der Waals surface area contributed by atoms with Crippen molar-refractivity contribution in [2.45, 2.75) is 13.3 Å². The molecule has 0 aromatic carbocycles. The van der Waals surface area contributed by atoms with Crippen molar-refractivity contribution in [1.82, 2.24) is 15.2 Å². The molecular weight excluding hydrogens is 212 g/mol. The molecule has 0 bridgehead atoms. The lowest BCUT2D eigenvalue weighted by atomic mass is 10.3. The highest BCUT2D eigenvalue weighted by Crippen LogP contribution is 2.14. The van der Waals surface area contributed by atoms with E-state index in [1.54, 1.807) is 12.3 Å². The van der Waals surface area contributed by atoms with Gasteiger partial charge in [0.2, 0.25) is 5.91 Å². The van der Waals surface area contributed by atoms with Gasteiger partial charge in [0.25, 0.3) is 0 Å². The number of H-pyrrole nitrogens is 1. The molecule has 0 unspecified atom stereocenters. The van der Waals surface area contributed by atoms with Gasteiger partial charge in [-0.3, -0.25) is 9.89 Å². The van der Waals surface area contributed by atoms with Gasteiger partial charge in [0, 0.05) is 17.3 Å². The van der Waals surface area contributed by atoms with E-state index in [4.69, 9.17) is 0 Å². The zero-order valence-corrected chi connectivity index (χ0v) is 8.97. The van der Waals surface area contributed by atoms with Crippen molar-refractivity contribution < 1.29 is 4.79 Å². The topological polar surface area (TPSA) is 70.7 Å². The number of amides is 1. The van der Waals surface area contributed by atoms with Crippen LogP contribution in [0.4, 0.5) is 5.13 Å². The summed E-state index contributed by atoms with van der Waals surface area (Å²) in [6, 6.07) is 1.77. The van der Waals surface area contributed by atoms with Crippen LogP contribution < -0.4 is 5.32 Å². The summed E-state index contributed by atoms with van der Waals surface area (Å²) >= 11 is 1.42. The van der Waals surface area contributed by atoms with Gasteiger partial charge in [-0.2, -0.15) is 5.10 Å². The third-order valence-corrected chi connectivity index (χ3v) is 2.65. The fourth-order valence-corrected chi connectivity index (χ4v) is 1.84. The Morgan fingerprint density at radius 3 is 3.13 bits per heavy atom. The summed E-state index contributed by atoms with van der Waals surface area (Å²) in [6.07, 6.45) is 1.91. The number of carbonyl (C=O) groups excluding carboxylic acids is 1. The van der Waals surface area contributed by atoms with Crippen molar-refractivity contribution in [3.05, 3.63) is 29.0 Å². The summed E-state index contributed by atoms with van der Waals surface area (Å²) in [5.41, 5.74) is 1.71. The Hall–Kier alpha value is -1.69. The number of nitrogens with zero attached hydrogens (tertiary/aromatic N) is 2. The summed E-state index contributed by atoms with van der Waals surface area (Å²) < 4.78 is 0. The third kappa shape index (κ3) is 2.63. The highest BCUT2D eigenvalue weighted by Gasteiger charge is 2.06. The van der Waals surface area contributed by atoms with Gasteiger partial charge in [-0.15, -0.1) is 11.3 Å². The van der Waals surface area contributed by atoms with Crippen molar-refractivity contribution >= 4 is 22.4 Å². The molecule has 2 heterocycles. The van der Waals surface area contributed by atoms with Crippen LogP contribution in [0.5, 0.6) is 0 Å². The molecule has 2 N–H and O–H groups in total. The Kier molecular flexibility index (Phi) is 2.77. The number of aryl methyl sites for hydroxylation is 1. The molecule has 6 heteroatoms. The first kappa shape index (κ1) is 9.85. The van der Waals surface area contributed by atoms with Gasteiger partial charge >= 0.3 is 0 Å². The van der Waals surface area contributed by atoms with Gasteiger partial charge in [-0.25, -0.2) is 4.98 Å². The van der Waals surface area contributed by atoms with Crippen molar-refractivity contribution in [2.75, 3.05) is 5.32 Å². The Morgan fingerprint density at radius 1 is 1.67 bits per heavy atom. The fourth-order valence-electron chi connectivity index (χ4n) is 1.13. The van der Waals surface area contributed by atoms with Crippen LogP contribution in [0.25, 0.3) is 0 Å². The number of rotatable bonds is 3. The molecule has 2 aromatic heterocycles. The standard InChI is InChI=1S/C9H10N4OS/c1-6-5-15-9(11-6)12-8(14)4-7-2-3-10-13-7/h2-3,5H,4H2,1H3,(H,10,13)(H,11,12,14). The largest absolute Gasteiger partial charge is 0.302 e.